The molecule has 3 rings (SSSR count). The monoisotopic (exact) mass is 381 g/mol. The molecule has 1 heterocycles. The van der Waals surface area contributed by atoms with Crippen molar-refractivity contribution in [3.05, 3.63) is 77.6 Å². The quantitative estimate of drug-likeness (QED) is 0.267. The molecule has 0 saturated heterocycles. The van der Waals surface area contributed by atoms with Crippen molar-refractivity contribution in [2.24, 2.45) is 5.84 Å². The van der Waals surface area contributed by atoms with E-state index < -0.39 is 0 Å². The number of nitrogen functional groups attached to an aromatic ring is 1. The predicted octanol–water partition coefficient (Wildman–Crippen LogP) is 6.01. The van der Waals surface area contributed by atoms with Gasteiger partial charge in [-0.25, -0.2) is 4.39 Å². The van der Waals surface area contributed by atoms with Crippen LogP contribution in [0.2, 0.25) is 0 Å². The highest BCUT2D eigenvalue weighted by Crippen LogP contribution is 2.33. The number of H-pyrrole nitrogens is 1. The van der Waals surface area contributed by atoms with E-state index in [2.05, 4.69) is 23.6 Å². The summed E-state index contributed by atoms with van der Waals surface area (Å²) >= 11 is 1.64. The number of nitrogens with two attached hydrogens (primary N) is 1. The molecule has 3 nitrogen and oxygen atoms in total. The smallest absolute Gasteiger partial charge is 0.128 e. The second-order valence-electron chi connectivity index (χ2n) is 6.77. The maximum absolute atomic E-state index is 14.7. The Morgan fingerprint density at radius 3 is 2.52 bits per heavy atom. The Morgan fingerprint density at radius 2 is 1.93 bits per heavy atom. The number of hydrazine groups is 1. The number of nitrogens with one attached hydrogen (secondary N) is 2. The Balaban J connectivity index is 2.01. The molecule has 0 spiro atoms. The molecule has 2 aromatic carbocycles. The molecule has 0 fully saturated rings. The largest absolute Gasteiger partial charge is 0.360 e. The highest BCUT2D eigenvalue weighted by molar-refractivity contribution is 8.03. The van der Waals surface area contributed by atoms with Crippen LogP contribution in [-0.4, -0.2) is 10.2 Å². The molecule has 1 unspecified atom stereocenters. The van der Waals surface area contributed by atoms with E-state index in [1.54, 1.807) is 17.8 Å². The number of fused-ring (bicyclic) bond motifs is 1. The topological polar surface area (TPSA) is 53.8 Å². The zero-order valence-corrected chi connectivity index (χ0v) is 16.4. The van der Waals surface area contributed by atoms with Gasteiger partial charge in [0.2, 0.25) is 0 Å². The van der Waals surface area contributed by atoms with Crippen molar-refractivity contribution in [1.29, 1.82) is 0 Å². The molecule has 0 aliphatic heterocycles. The van der Waals surface area contributed by atoms with Crippen molar-refractivity contribution in [2.75, 3.05) is 5.43 Å². The molecular formula is C22H24FN3S. The summed E-state index contributed by atoms with van der Waals surface area (Å²) in [5.74, 6) is 5.24. The maximum atomic E-state index is 14.7. The second kappa shape index (κ2) is 8.03. The van der Waals surface area contributed by atoms with Crippen molar-refractivity contribution < 1.29 is 4.39 Å². The highest BCUT2D eigenvalue weighted by atomic mass is 32.2. The summed E-state index contributed by atoms with van der Waals surface area (Å²) in [6.45, 7) is 12.0. The van der Waals surface area contributed by atoms with Gasteiger partial charge in [0, 0.05) is 33.6 Å². The van der Waals surface area contributed by atoms with Crippen molar-refractivity contribution >= 4 is 28.4 Å². The fourth-order valence-corrected chi connectivity index (χ4v) is 4.04. The minimum absolute atomic E-state index is 0.103. The third-order valence-electron chi connectivity index (χ3n) is 4.51. The van der Waals surface area contributed by atoms with Crippen LogP contribution in [0.15, 0.2) is 66.2 Å². The van der Waals surface area contributed by atoms with Gasteiger partial charge in [0.15, 0.2) is 0 Å². The van der Waals surface area contributed by atoms with Crippen LogP contribution in [0.3, 0.4) is 0 Å². The molecule has 4 N–H and O–H groups in total. The van der Waals surface area contributed by atoms with Crippen LogP contribution in [0, 0.1) is 5.82 Å². The summed E-state index contributed by atoms with van der Waals surface area (Å²) in [6, 6.07) is 11.3. The van der Waals surface area contributed by atoms with Crippen molar-refractivity contribution in [1.82, 2.24) is 4.98 Å². The van der Waals surface area contributed by atoms with Crippen LogP contribution in [0.1, 0.15) is 19.4 Å². The van der Waals surface area contributed by atoms with E-state index in [1.165, 1.54) is 0 Å². The van der Waals surface area contributed by atoms with Crippen LogP contribution in [0.5, 0.6) is 0 Å². The first kappa shape index (κ1) is 19.3. The van der Waals surface area contributed by atoms with Gasteiger partial charge in [0.25, 0.3) is 0 Å². The molecule has 140 valence electrons. The summed E-state index contributed by atoms with van der Waals surface area (Å²) in [7, 11) is 0. The Morgan fingerprint density at radius 1 is 1.22 bits per heavy atom. The molecule has 5 heteroatoms. The Bertz CT molecular complexity index is 989. The number of rotatable bonds is 7. The zero-order chi connectivity index (χ0) is 19.6. The summed E-state index contributed by atoms with van der Waals surface area (Å²) in [5.41, 5.74) is 8.03. The Labute approximate surface area is 163 Å². The van der Waals surface area contributed by atoms with Gasteiger partial charge in [-0.3, -0.25) is 5.84 Å². The number of benzene rings is 2. The van der Waals surface area contributed by atoms with Crippen LogP contribution in [0.4, 0.5) is 10.1 Å². The predicted molar refractivity (Wildman–Crippen MR) is 116 cm³/mol. The van der Waals surface area contributed by atoms with Crippen molar-refractivity contribution in [3.8, 4) is 11.1 Å². The van der Waals surface area contributed by atoms with Crippen LogP contribution in [0.25, 0.3) is 22.0 Å². The van der Waals surface area contributed by atoms with E-state index >= 15 is 0 Å². The lowest BCUT2D eigenvalue weighted by Crippen LogP contribution is -2.09. The van der Waals surface area contributed by atoms with E-state index in [9.17, 15) is 4.39 Å². The third-order valence-corrected chi connectivity index (χ3v) is 5.77. The molecular weight excluding hydrogens is 357 g/mol. The lowest BCUT2D eigenvalue weighted by Gasteiger charge is -2.17. The molecule has 3 aromatic rings. The van der Waals surface area contributed by atoms with Gasteiger partial charge < -0.3 is 10.4 Å². The van der Waals surface area contributed by atoms with E-state index in [0.29, 0.717) is 12.0 Å². The molecule has 27 heavy (non-hydrogen) atoms. The van der Waals surface area contributed by atoms with Crippen LogP contribution in [-0.2, 0) is 6.42 Å². The molecule has 0 radical (unpaired) electrons. The molecule has 0 bridgehead atoms. The summed E-state index contributed by atoms with van der Waals surface area (Å²) < 4.78 is 14.7. The van der Waals surface area contributed by atoms with Crippen molar-refractivity contribution in [3.63, 3.8) is 0 Å². The fourth-order valence-electron chi connectivity index (χ4n) is 3.09. The first-order chi connectivity index (χ1) is 12.9. The van der Waals surface area contributed by atoms with Gasteiger partial charge >= 0.3 is 0 Å². The maximum Gasteiger partial charge on any atom is 0.128 e. The van der Waals surface area contributed by atoms with Crippen molar-refractivity contribution in [2.45, 2.75) is 25.5 Å². The van der Waals surface area contributed by atoms with Gasteiger partial charge in [-0.05, 0) is 60.6 Å². The fraction of sp³-hybridized carbons (Fsp3) is 0.182. The third kappa shape index (κ3) is 4.26. The van der Waals surface area contributed by atoms with E-state index in [0.717, 1.165) is 38.2 Å². The van der Waals surface area contributed by atoms with Gasteiger partial charge in [-0.15, -0.1) is 11.8 Å². The first-order valence-electron chi connectivity index (χ1n) is 8.73. The number of anilines is 1. The second-order valence-corrected chi connectivity index (χ2v) is 8.27. The van der Waals surface area contributed by atoms with E-state index in [1.807, 2.05) is 50.4 Å². The molecule has 0 aliphatic rings. The SMILES string of the molecule is C=C(C)SC(Cc1cc2c(-c3ccc(NN)cc3)c[nH]c2cc1F)C(=C)C. The van der Waals surface area contributed by atoms with E-state index in [4.69, 9.17) is 5.84 Å². The normalized spacial score (nSPS) is 12.1. The van der Waals surface area contributed by atoms with E-state index in [-0.39, 0.29) is 11.1 Å². The average molecular weight is 382 g/mol. The van der Waals surface area contributed by atoms with Gasteiger partial charge in [0.1, 0.15) is 5.82 Å². The summed E-state index contributed by atoms with van der Waals surface area (Å²) in [4.78, 5) is 4.17. The van der Waals surface area contributed by atoms with Gasteiger partial charge in [-0.1, -0.05) is 30.9 Å². The lowest BCUT2D eigenvalue weighted by molar-refractivity contribution is 0.611. The number of aromatic nitrogens is 1. The Kier molecular flexibility index (Phi) is 5.73. The number of allylic oxidation sites excluding steroid dienone is 1. The summed E-state index contributed by atoms with van der Waals surface area (Å²) in [6.07, 6.45) is 2.49. The number of hydrogen-bond acceptors (Lipinski definition) is 3. The average Bonchev–Trinajstić information content (AvgIpc) is 3.03. The number of thioether (sulfide) groups is 1. The number of aromatic amines is 1. The number of hydrogen-bond donors (Lipinski definition) is 3. The standard InChI is InChI=1S/C22H24FN3S/c1-13(2)22(27-14(3)4)10-16-9-18-19(12-25-21(18)11-20(16)23)15-5-7-17(26-24)8-6-15/h5-9,11-12,22,25-26H,1,3,10,24H2,2,4H3. The van der Waals surface area contributed by atoms with Gasteiger partial charge in [-0.2, -0.15) is 0 Å². The molecule has 0 saturated carbocycles. The first-order valence-corrected chi connectivity index (χ1v) is 9.61. The highest BCUT2D eigenvalue weighted by Gasteiger charge is 2.17. The molecule has 1 aromatic heterocycles. The van der Waals surface area contributed by atoms with Crippen LogP contribution < -0.4 is 11.3 Å². The lowest BCUT2D eigenvalue weighted by atomic mass is 9.99. The minimum Gasteiger partial charge on any atom is -0.360 e. The zero-order valence-electron chi connectivity index (χ0n) is 15.6. The van der Waals surface area contributed by atoms with Crippen LogP contribution >= 0.6 is 11.8 Å². The number of halogens is 1. The Hall–Kier alpha value is -2.50. The minimum atomic E-state index is -0.202. The molecule has 0 aliphatic carbocycles. The molecule has 0 amide bonds. The summed E-state index contributed by atoms with van der Waals surface area (Å²) in [5, 5.41) is 1.10. The van der Waals surface area contributed by atoms with Gasteiger partial charge in [0.05, 0.1) is 0 Å². The molecule has 1 atom stereocenters.